The van der Waals surface area contributed by atoms with E-state index >= 15 is 0 Å². The standard InChI is InChI=1S/C19H35N3O/c1-4-6-7-8-9-10-11-12-13-19-21-15-17-22(19,5-2)16-14-20-18(3)23/h9-10,15,19H,4-8,11-14,16-17H2,1-3H3/p+1/b10-9+. The van der Waals surface area contributed by atoms with Gasteiger partial charge in [-0.25, -0.2) is 4.99 Å². The minimum Gasteiger partial charge on any atom is -0.351 e. The lowest BCUT2D eigenvalue weighted by Gasteiger charge is -2.38. The molecule has 0 aliphatic carbocycles. The molecule has 0 saturated carbocycles. The lowest BCUT2D eigenvalue weighted by atomic mass is 10.1. The molecule has 1 aliphatic heterocycles. The highest BCUT2D eigenvalue weighted by atomic mass is 16.1. The van der Waals surface area contributed by atoms with Gasteiger partial charge in [0.25, 0.3) is 0 Å². The second-order valence-corrected chi connectivity index (χ2v) is 6.63. The van der Waals surface area contributed by atoms with Gasteiger partial charge in [-0.3, -0.25) is 9.28 Å². The van der Waals surface area contributed by atoms with Crippen molar-refractivity contribution in [3.8, 4) is 0 Å². The molecule has 0 radical (unpaired) electrons. The molecule has 0 spiro atoms. The largest absolute Gasteiger partial charge is 0.351 e. The van der Waals surface area contributed by atoms with Crippen LogP contribution in [-0.4, -0.2) is 48.9 Å². The van der Waals surface area contributed by atoms with E-state index in [1.54, 1.807) is 6.92 Å². The van der Waals surface area contributed by atoms with E-state index in [1.165, 1.54) is 32.1 Å². The topological polar surface area (TPSA) is 41.5 Å². The maximum atomic E-state index is 11.1. The summed E-state index contributed by atoms with van der Waals surface area (Å²) in [7, 11) is 0. The summed E-state index contributed by atoms with van der Waals surface area (Å²) in [4.78, 5) is 15.8. The van der Waals surface area contributed by atoms with Crippen LogP contribution in [0, 0.1) is 0 Å². The third-order valence-electron chi connectivity index (χ3n) is 4.89. The third-order valence-corrected chi connectivity index (χ3v) is 4.89. The highest BCUT2D eigenvalue weighted by Gasteiger charge is 2.37. The van der Waals surface area contributed by atoms with Crippen LogP contribution < -0.4 is 5.32 Å². The monoisotopic (exact) mass is 322 g/mol. The second-order valence-electron chi connectivity index (χ2n) is 6.63. The van der Waals surface area contributed by atoms with Crippen molar-refractivity contribution in [1.29, 1.82) is 0 Å². The maximum Gasteiger partial charge on any atom is 0.217 e. The Morgan fingerprint density at radius 2 is 2.00 bits per heavy atom. The normalized spacial score (nSPS) is 23.7. The molecule has 0 saturated heterocycles. The number of nitrogens with one attached hydrogen (secondary N) is 1. The molecule has 0 fully saturated rings. The molecule has 0 aromatic rings. The van der Waals surface area contributed by atoms with E-state index in [1.807, 2.05) is 0 Å². The predicted molar refractivity (Wildman–Crippen MR) is 98.6 cm³/mol. The van der Waals surface area contributed by atoms with Crippen LogP contribution >= 0.6 is 0 Å². The molecule has 2 unspecified atom stereocenters. The van der Waals surface area contributed by atoms with Crippen LogP contribution in [0.5, 0.6) is 0 Å². The van der Waals surface area contributed by atoms with E-state index in [0.29, 0.717) is 6.17 Å². The van der Waals surface area contributed by atoms with Gasteiger partial charge in [0.1, 0.15) is 6.54 Å². The van der Waals surface area contributed by atoms with Crippen molar-refractivity contribution >= 4 is 12.1 Å². The highest BCUT2D eigenvalue weighted by Crippen LogP contribution is 2.23. The summed E-state index contributed by atoms with van der Waals surface area (Å²) in [6, 6.07) is 0. The maximum absolute atomic E-state index is 11.1. The van der Waals surface area contributed by atoms with Gasteiger partial charge < -0.3 is 5.32 Å². The Morgan fingerprint density at radius 1 is 1.26 bits per heavy atom. The van der Waals surface area contributed by atoms with Gasteiger partial charge in [0.05, 0.1) is 25.8 Å². The fourth-order valence-corrected chi connectivity index (χ4v) is 3.30. The number of hydrogen-bond acceptors (Lipinski definition) is 2. The molecule has 1 heterocycles. The number of hydrogen-bond donors (Lipinski definition) is 1. The molecule has 1 amide bonds. The fraction of sp³-hybridized carbons (Fsp3) is 0.789. The predicted octanol–water partition coefficient (Wildman–Crippen LogP) is 3.68. The first-order valence-electron chi connectivity index (χ1n) is 9.41. The van der Waals surface area contributed by atoms with Gasteiger partial charge >= 0.3 is 0 Å². The van der Waals surface area contributed by atoms with Crippen molar-refractivity contribution in [2.45, 2.75) is 71.9 Å². The minimum atomic E-state index is 0.0594. The zero-order chi connectivity index (χ0) is 17.0. The molecule has 0 aromatic heterocycles. The number of allylic oxidation sites excluding steroid dienone is 2. The van der Waals surface area contributed by atoms with Crippen molar-refractivity contribution in [2.75, 3.05) is 26.2 Å². The Morgan fingerprint density at radius 3 is 2.65 bits per heavy atom. The lowest BCUT2D eigenvalue weighted by Crippen LogP contribution is -2.55. The summed E-state index contributed by atoms with van der Waals surface area (Å²) in [5.41, 5.74) is 0. The first-order chi connectivity index (χ1) is 11.1. The van der Waals surface area contributed by atoms with E-state index in [2.05, 4.69) is 37.5 Å². The molecule has 1 N–H and O–H groups in total. The van der Waals surface area contributed by atoms with E-state index in [9.17, 15) is 4.79 Å². The smallest absolute Gasteiger partial charge is 0.217 e. The SMILES string of the molecule is CCCCC/C=C/CCCC1N=CC[N+]1(CC)CCNC(C)=O. The van der Waals surface area contributed by atoms with E-state index in [-0.39, 0.29) is 5.91 Å². The van der Waals surface area contributed by atoms with Gasteiger partial charge in [-0.2, -0.15) is 0 Å². The zero-order valence-corrected chi connectivity index (χ0v) is 15.4. The van der Waals surface area contributed by atoms with Crippen LogP contribution in [0.4, 0.5) is 0 Å². The number of likely N-dealkylation sites (N-methyl/N-ethyl adjacent to an activating group) is 1. The number of amides is 1. The Bertz CT molecular complexity index is 392. The Hall–Kier alpha value is -1.16. The highest BCUT2D eigenvalue weighted by molar-refractivity contribution is 5.72. The molecule has 1 aliphatic rings. The molecule has 0 bridgehead atoms. The zero-order valence-electron chi connectivity index (χ0n) is 15.4. The Kier molecular flexibility index (Phi) is 9.85. The molecule has 132 valence electrons. The van der Waals surface area contributed by atoms with E-state index in [4.69, 9.17) is 4.99 Å². The van der Waals surface area contributed by atoms with Crippen molar-refractivity contribution < 1.29 is 9.28 Å². The summed E-state index contributed by atoms with van der Waals surface area (Å²) in [5, 5.41) is 2.93. The Labute approximate surface area is 142 Å². The van der Waals surface area contributed by atoms with Crippen LogP contribution in [0.1, 0.15) is 65.7 Å². The van der Waals surface area contributed by atoms with Gasteiger partial charge in [-0.1, -0.05) is 31.9 Å². The van der Waals surface area contributed by atoms with Crippen LogP contribution in [-0.2, 0) is 4.79 Å². The second kappa shape index (κ2) is 11.4. The average molecular weight is 323 g/mol. The number of quaternary nitrogens is 1. The van der Waals surface area contributed by atoms with Gasteiger partial charge in [-0.15, -0.1) is 0 Å². The van der Waals surface area contributed by atoms with Gasteiger partial charge in [0.2, 0.25) is 5.91 Å². The summed E-state index contributed by atoms with van der Waals surface area (Å²) in [6.07, 6.45) is 15.8. The van der Waals surface area contributed by atoms with Gasteiger partial charge in [-0.05, 0) is 32.6 Å². The third kappa shape index (κ3) is 7.30. The van der Waals surface area contributed by atoms with Crippen LogP contribution in [0.3, 0.4) is 0 Å². The fourth-order valence-electron chi connectivity index (χ4n) is 3.30. The van der Waals surface area contributed by atoms with E-state index < -0.39 is 0 Å². The molecule has 4 heteroatoms. The number of aliphatic imine (C=N–C) groups is 1. The number of carbonyl (C=O) groups is 1. The van der Waals surface area contributed by atoms with Gasteiger partial charge in [0, 0.05) is 13.3 Å². The van der Waals surface area contributed by atoms with E-state index in [0.717, 1.165) is 43.5 Å². The number of unbranched alkanes of at least 4 members (excludes halogenated alkanes) is 4. The van der Waals surface area contributed by atoms with Crippen molar-refractivity contribution in [3.63, 3.8) is 0 Å². The van der Waals surface area contributed by atoms with Crippen LogP contribution in [0.25, 0.3) is 0 Å². The molecular weight excluding hydrogens is 286 g/mol. The molecule has 1 rings (SSSR count). The Balaban J connectivity index is 2.29. The minimum absolute atomic E-state index is 0.0594. The van der Waals surface area contributed by atoms with Gasteiger partial charge in [0.15, 0.2) is 6.17 Å². The van der Waals surface area contributed by atoms with Crippen molar-refractivity contribution in [1.82, 2.24) is 5.32 Å². The molecule has 0 aromatic carbocycles. The van der Waals surface area contributed by atoms with Crippen molar-refractivity contribution in [3.05, 3.63) is 12.2 Å². The number of nitrogens with zero attached hydrogens (tertiary/aromatic N) is 2. The number of carbonyl (C=O) groups excluding carboxylic acids is 1. The quantitative estimate of drug-likeness (QED) is 0.332. The first-order valence-corrected chi connectivity index (χ1v) is 9.41. The summed E-state index contributed by atoms with van der Waals surface area (Å²) in [5.74, 6) is 0.0594. The number of rotatable bonds is 12. The molecular formula is C19H36N3O+. The average Bonchev–Trinajstić information content (AvgIpc) is 2.93. The van der Waals surface area contributed by atoms with Crippen molar-refractivity contribution in [2.24, 2.45) is 4.99 Å². The summed E-state index contributed by atoms with van der Waals surface area (Å²) < 4.78 is 1.00. The summed E-state index contributed by atoms with van der Waals surface area (Å²) in [6.45, 7) is 9.89. The van der Waals surface area contributed by atoms with Crippen LogP contribution in [0.2, 0.25) is 0 Å². The molecule has 2 atom stereocenters. The first kappa shape index (κ1) is 19.9. The molecule has 23 heavy (non-hydrogen) atoms. The molecule has 4 nitrogen and oxygen atoms in total. The lowest BCUT2D eigenvalue weighted by molar-refractivity contribution is -0.935. The van der Waals surface area contributed by atoms with Crippen LogP contribution in [0.15, 0.2) is 17.1 Å². The summed E-state index contributed by atoms with van der Waals surface area (Å²) >= 11 is 0.